The molecule has 0 aliphatic heterocycles. The molecule has 0 radical (unpaired) electrons. The third kappa shape index (κ3) is 3.35. The highest BCUT2D eigenvalue weighted by atomic mass is 35.5. The van der Waals surface area contributed by atoms with Gasteiger partial charge in [0.25, 0.3) is 0 Å². The van der Waals surface area contributed by atoms with E-state index in [4.69, 9.17) is 21.8 Å². The fraction of sp³-hybridized carbons (Fsp3) is 0.273. The van der Waals surface area contributed by atoms with Crippen LogP contribution in [0.2, 0.25) is 0 Å². The van der Waals surface area contributed by atoms with Crippen LogP contribution in [0.5, 0.6) is 0 Å². The van der Waals surface area contributed by atoms with E-state index in [1.54, 1.807) is 0 Å². The fourth-order valence-electron chi connectivity index (χ4n) is 1.39. The van der Waals surface area contributed by atoms with Crippen LogP contribution >= 0.6 is 11.6 Å². The number of halogens is 1. The molecule has 1 rings (SSSR count). The van der Waals surface area contributed by atoms with Gasteiger partial charge in [-0.05, 0) is 12.1 Å². The molecule has 1 unspecified atom stereocenters. The number of carbonyl (C=O) groups is 2. The van der Waals surface area contributed by atoms with Gasteiger partial charge in [0.05, 0.1) is 23.1 Å². The number of carboxylic acid groups (broad SMARTS) is 2. The molecule has 6 nitrogen and oxygen atoms in total. The number of anilines is 1. The van der Waals surface area contributed by atoms with Gasteiger partial charge >= 0.3 is 11.9 Å². The van der Waals surface area contributed by atoms with Crippen LogP contribution in [-0.4, -0.2) is 45.8 Å². The molecule has 1 aromatic carbocycles. The third-order valence-corrected chi connectivity index (χ3v) is 2.57. The van der Waals surface area contributed by atoms with Gasteiger partial charge in [-0.25, -0.2) is 9.59 Å². The van der Waals surface area contributed by atoms with E-state index in [0.29, 0.717) is 0 Å². The molecule has 0 fully saturated rings. The van der Waals surface area contributed by atoms with Gasteiger partial charge in [-0.2, -0.15) is 0 Å². The lowest BCUT2D eigenvalue weighted by molar-refractivity contribution is 0.0652. The van der Waals surface area contributed by atoms with Crippen molar-refractivity contribution in [2.45, 2.75) is 6.10 Å². The Labute approximate surface area is 108 Å². The second-order valence-corrected chi connectivity index (χ2v) is 3.84. The summed E-state index contributed by atoms with van der Waals surface area (Å²) in [6, 6.07) is 4.05. The van der Waals surface area contributed by atoms with Crippen LogP contribution in [-0.2, 0) is 0 Å². The van der Waals surface area contributed by atoms with Crippen LogP contribution in [0, 0.1) is 0 Å². The molecule has 0 bridgehead atoms. The van der Waals surface area contributed by atoms with Crippen molar-refractivity contribution in [3.8, 4) is 0 Å². The topological polar surface area (TPSA) is 107 Å². The summed E-state index contributed by atoms with van der Waals surface area (Å²) in [5, 5.41) is 29.9. The lowest BCUT2D eigenvalue weighted by Gasteiger charge is -2.13. The molecule has 0 heterocycles. The predicted octanol–water partition coefficient (Wildman–Crippen LogP) is 1.09. The maximum atomic E-state index is 11.1. The minimum Gasteiger partial charge on any atom is -0.478 e. The van der Waals surface area contributed by atoms with Crippen LogP contribution in [0.4, 0.5) is 5.69 Å². The number of aliphatic hydroxyl groups excluding tert-OH is 1. The molecule has 98 valence electrons. The molecule has 0 aromatic heterocycles. The zero-order valence-electron chi connectivity index (χ0n) is 9.26. The smallest absolute Gasteiger partial charge is 0.338 e. The highest BCUT2D eigenvalue weighted by molar-refractivity contribution is 6.18. The number of rotatable bonds is 6. The number of aliphatic hydroxyl groups is 1. The SMILES string of the molecule is O=C(O)c1cccc(NCC(O)CCl)c1C(=O)O. The second kappa shape index (κ2) is 6.23. The first-order valence-electron chi connectivity index (χ1n) is 5.04. The van der Waals surface area contributed by atoms with Crippen LogP contribution < -0.4 is 5.32 Å². The minimum absolute atomic E-state index is 0.00593. The molecule has 4 N–H and O–H groups in total. The van der Waals surface area contributed by atoms with Crippen molar-refractivity contribution in [2.75, 3.05) is 17.7 Å². The molecule has 0 spiro atoms. The van der Waals surface area contributed by atoms with Gasteiger partial charge in [-0.1, -0.05) is 6.07 Å². The predicted molar refractivity (Wildman–Crippen MR) is 65.6 cm³/mol. The van der Waals surface area contributed by atoms with Gasteiger partial charge < -0.3 is 20.6 Å². The van der Waals surface area contributed by atoms with E-state index in [-0.39, 0.29) is 29.2 Å². The average molecular weight is 274 g/mol. The number of benzene rings is 1. The number of nitrogens with one attached hydrogen (secondary N) is 1. The van der Waals surface area contributed by atoms with Crippen molar-refractivity contribution >= 4 is 29.2 Å². The molecule has 0 saturated carbocycles. The van der Waals surface area contributed by atoms with Crippen LogP contribution in [0.15, 0.2) is 18.2 Å². The normalized spacial score (nSPS) is 11.9. The van der Waals surface area contributed by atoms with E-state index < -0.39 is 18.0 Å². The largest absolute Gasteiger partial charge is 0.478 e. The summed E-state index contributed by atoms with van der Waals surface area (Å²) in [5.74, 6) is -2.68. The van der Waals surface area contributed by atoms with Gasteiger partial charge in [-0.15, -0.1) is 11.6 Å². The lowest BCUT2D eigenvalue weighted by Crippen LogP contribution is -2.22. The van der Waals surface area contributed by atoms with Gasteiger partial charge in [0, 0.05) is 12.2 Å². The second-order valence-electron chi connectivity index (χ2n) is 3.53. The van der Waals surface area contributed by atoms with E-state index in [1.807, 2.05) is 0 Å². The molecule has 7 heteroatoms. The first-order chi connectivity index (χ1) is 8.47. The highest BCUT2D eigenvalue weighted by Crippen LogP contribution is 2.20. The van der Waals surface area contributed by atoms with Gasteiger partial charge in [0.1, 0.15) is 0 Å². The summed E-state index contributed by atoms with van der Waals surface area (Å²) in [5.41, 5.74) is -0.522. The summed E-state index contributed by atoms with van der Waals surface area (Å²) >= 11 is 5.40. The maximum Gasteiger partial charge on any atom is 0.338 e. The number of alkyl halides is 1. The number of aromatic carboxylic acids is 2. The fourth-order valence-corrected chi connectivity index (χ4v) is 1.50. The molecule has 18 heavy (non-hydrogen) atoms. The zero-order chi connectivity index (χ0) is 13.7. The Morgan fingerprint density at radius 1 is 1.28 bits per heavy atom. The number of hydrogen-bond donors (Lipinski definition) is 4. The Bertz CT molecular complexity index is 463. The molecular weight excluding hydrogens is 262 g/mol. The summed E-state index contributed by atoms with van der Waals surface area (Å²) in [7, 11) is 0. The molecule has 0 aliphatic rings. The Hall–Kier alpha value is -1.79. The monoisotopic (exact) mass is 273 g/mol. The lowest BCUT2D eigenvalue weighted by atomic mass is 10.1. The Morgan fingerprint density at radius 2 is 1.94 bits per heavy atom. The number of hydrogen-bond acceptors (Lipinski definition) is 4. The molecule has 0 aliphatic carbocycles. The van der Waals surface area contributed by atoms with Crippen LogP contribution in [0.25, 0.3) is 0 Å². The van der Waals surface area contributed by atoms with E-state index in [1.165, 1.54) is 18.2 Å². The summed E-state index contributed by atoms with van der Waals surface area (Å²) in [6.45, 7) is 0.0346. The third-order valence-electron chi connectivity index (χ3n) is 2.21. The highest BCUT2D eigenvalue weighted by Gasteiger charge is 2.20. The van der Waals surface area contributed by atoms with Crippen molar-refractivity contribution in [2.24, 2.45) is 0 Å². The number of carboxylic acids is 2. The zero-order valence-corrected chi connectivity index (χ0v) is 10.0. The van der Waals surface area contributed by atoms with Gasteiger partial charge in [-0.3, -0.25) is 0 Å². The average Bonchev–Trinajstić information content (AvgIpc) is 2.34. The van der Waals surface area contributed by atoms with Gasteiger partial charge in [0.15, 0.2) is 0 Å². The molecular formula is C11H12ClNO5. The molecule has 1 atom stereocenters. The van der Waals surface area contributed by atoms with Crippen LogP contribution in [0.3, 0.4) is 0 Å². The minimum atomic E-state index is -1.35. The van der Waals surface area contributed by atoms with Crippen molar-refractivity contribution in [1.29, 1.82) is 0 Å². The Morgan fingerprint density at radius 3 is 2.44 bits per heavy atom. The molecule has 0 saturated heterocycles. The summed E-state index contributed by atoms with van der Waals surface area (Å²) in [4.78, 5) is 22.0. The van der Waals surface area contributed by atoms with Crippen LogP contribution in [0.1, 0.15) is 20.7 Å². The van der Waals surface area contributed by atoms with Crippen molar-refractivity contribution in [3.63, 3.8) is 0 Å². The molecule has 1 aromatic rings. The van der Waals surface area contributed by atoms with Crippen molar-refractivity contribution in [1.82, 2.24) is 0 Å². The first kappa shape index (κ1) is 14.3. The molecule has 0 amide bonds. The quantitative estimate of drug-likeness (QED) is 0.578. The first-order valence-corrected chi connectivity index (χ1v) is 5.58. The van der Waals surface area contributed by atoms with E-state index in [0.717, 1.165) is 0 Å². The van der Waals surface area contributed by atoms with E-state index in [2.05, 4.69) is 5.32 Å². The Balaban J connectivity index is 3.07. The summed E-state index contributed by atoms with van der Waals surface area (Å²) < 4.78 is 0. The van der Waals surface area contributed by atoms with E-state index in [9.17, 15) is 14.7 Å². The van der Waals surface area contributed by atoms with Crippen molar-refractivity contribution < 1.29 is 24.9 Å². The van der Waals surface area contributed by atoms with Crippen molar-refractivity contribution in [3.05, 3.63) is 29.3 Å². The summed E-state index contributed by atoms with van der Waals surface area (Å²) in [6.07, 6.45) is -0.846. The van der Waals surface area contributed by atoms with E-state index >= 15 is 0 Å². The maximum absolute atomic E-state index is 11.1. The Kier molecular flexibility index (Phi) is 4.94. The van der Waals surface area contributed by atoms with Gasteiger partial charge in [0.2, 0.25) is 0 Å². The standard InChI is InChI=1S/C11H12ClNO5/c12-4-6(14)5-13-8-3-1-2-7(10(15)16)9(8)11(17)18/h1-3,6,13-14H,4-5H2,(H,15,16)(H,17,18).